The summed E-state index contributed by atoms with van der Waals surface area (Å²) < 4.78 is 13.1. The molecule has 116 valence electrons. The first kappa shape index (κ1) is 16.2. The summed E-state index contributed by atoms with van der Waals surface area (Å²) in [4.78, 5) is 8.17. The Morgan fingerprint density at radius 3 is 2.77 bits per heavy atom. The van der Waals surface area contributed by atoms with Crippen molar-refractivity contribution in [3.63, 3.8) is 0 Å². The van der Waals surface area contributed by atoms with Crippen LogP contribution in [-0.4, -0.2) is 24.5 Å². The molecule has 4 nitrogen and oxygen atoms in total. The predicted octanol–water partition coefficient (Wildman–Crippen LogP) is 2.78. The van der Waals surface area contributed by atoms with E-state index in [0.29, 0.717) is 24.2 Å². The van der Waals surface area contributed by atoms with Gasteiger partial charge in [0.2, 0.25) is 0 Å². The van der Waals surface area contributed by atoms with Crippen LogP contribution in [0.15, 0.2) is 47.6 Å². The van der Waals surface area contributed by atoms with Gasteiger partial charge in [-0.1, -0.05) is 29.8 Å². The summed E-state index contributed by atoms with van der Waals surface area (Å²) in [7, 11) is 1.71. The average Bonchev–Trinajstić information content (AvgIpc) is 2.52. The molecule has 1 aromatic carbocycles. The number of nitrogens with one attached hydrogen (secondary N) is 2. The van der Waals surface area contributed by atoms with Crippen molar-refractivity contribution in [3.05, 3.63) is 64.7 Å². The molecule has 0 unspecified atom stereocenters. The highest BCUT2D eigenvalue weighted by Crippen LogP contribution is 2.05. The second-order valence-electron chi connectivity index (χ2n) is 4.72. The van der Waals surface area contributed by atoms with Gasteiger partial charge in [-0.15, -0.1) is 0 Å². The Hall–Kier alpha value is -2.14. The fourth-order valence-electron chi connectivity index (χ4n) is 1.94. The maximum atomic E-state index is 13.1. The summed E-state index contributed by atoms with van der Waals surface area (Å²) in [6.45, 7) is 1.27. The Bertz CT molecular complexity index is 628. The Balaban J connectivity index is 1.76. The van der Waals surface area contributed by atoms with E-state index in [2.05, 4.69) is 20.6 Å². The zero-order valence-corrected chi connectivity index (χ0v) is 13.1. The molecule has 0 saturated carbocycles. The van der Waals surface area contributed by atoms with Crippen LogP contribution in [0.4, 0.5) is 4.39 Å². The molecule has 6 heteroatoms. The van der Waals surface area contributed by atoms with Crippen LogP contribution in [0.2, 0.25) is 5.15 Å². The van der Waals surface area contributed by atoms with Gasteiger partial charge in [0.1, 0.15) is 11.0 Å². The van der Waals surface area contributed by atoms with Crippen molar-refractivity contribution >= 4 is 17.6 Å². The maximum absolute atomic E-state index is 13.1. The number of guanidine groups is 1. The molecule has 2 aromatic rings. The average molecular weight is 321 g/mol. The van der Waals surface area contributed by atoms with Crippen molar-refractivity contribution in [2.24, 2.45) is 4.99 Å². The molecule has 2 N–H and O–H groups in total. The molecule has 0 aliphatic rings. The molecule has 0 radical (unpaired) electrons. The minimum absolute atomic E-state index is 0.213. The molecule has 0 aliphatic heterocycles. The van der Waals surface area contributed by atoms with E-state index in [-0.39, 0.29) is 5.82 Å². The second kappa shape index (κ2) is 8.34. The largest absolute Gasteiger partial charge is 0.356 e. The van der Waals surface area contributed by atoms with Gasteiger partial charge >= 0.3 is 0 Å². The molecule has 0 spiro atoms. The monoisotopic (exact) mass is 320 g/mol. The van der Waals surface area contributed by atoms with Gasteiger partial charge in [0.25, 0.3) is 0 Å². The molecule has 0 aliphatic carbocycles. The molecule has 0 bridgehead atoms. The maximum Gasteiger partial charge on any atom is 0.191 e. The first-order chi connectivity index (χ1) is 10.7. The van der Waals surface area contributed by atoms with E-state index in [0.717, 1.165) is 17.5 Å². The standard InChI is InChI=1S/C16H18ClFN4/c1-19-16(22-11-13-5-6-15(17)21-10-13)20-8-7-12-3-2-4-14(18)9-12/h2-6,9-10H,7-8,11H2,1H3,(H2,19,20,22). The third-order valence-electron chi connectivity index (χ3n) is 3.07. The number of nitrogens with zero attached hydrogens (tertiary/aromatic N) is 2. The second-order valence-corrected chi connectivity index (χ2v) is 5.11. The van der Waals surface area contributed by atoms with Gasteiger partial charge in [0.05, 0.1) is 0 Å². The van der Waals surface area contributed by atoms with Crippen LogP contribution in [-0.2, 0) is 13.0 Å². The van der Waals surface area contributed by atoms with Crippen molar-refractivity contribution < 1.29 is 4.39 Å². The van der Waals surface area contributed by atoms with Crippen molar-refractivity contribution in [2.45, 2.75) is 13.0 Å². The number of rotatable bonds is 5. The van der Waals surface area contributed by atoms with Crippen LogP contribution in [0.5, 0.6) is 0 Å². The molecule has 1 aromatic heterocycles. The highest BCUT2D eigenvalue weighted by Gasteiger charge is 2.00. The van der Waals surface area contributed by atoms with E-state index in [1.165, 1.54) is 12.1 Å². The lowest BCUT2D eigenvalue weighted by Gasteiger charge is -2.12. The van der Waals surface area contributed by atoms with Crippen molar-refractivity contribution in [2.75, 3.05) is 13.6 Å². The number of halogens is 2. The number of hydrogen-bond acceptors (Lipinski definition) is 2. The van der Waals surface area contributed by atoms with Crippen molar-refractivity contribution in [1.29, 1.82) is 0 Å². The summed E-state index contributed by atoms with van der Waals surface area (Å²) >= 11 is 5.75. The smallest absolute Gasteiger partial charge is 0.191 e. The molecule has 1 heterocycles. The van der Waals surface area contributed by atoms with Gasteiger partial charge in [0, 0.05) is 26.3 Å². The Morgan fingerprint density at radius 2 is 2.09 bits per heavy atom. The van der Waals surface area contributed by atoms with Crippen LogP contribution in [0.1, 0.15) is 11.1 Å². The third-order valence-corrected chi connectivity index (χ3v) is 3.29. The van der Waals surface area contributed by atoms with E-state index in [4.69, 9.17) is 11.6 Å². The topological polar surface area (TPSA) is 49.3 Å². The first-order valence-electron chi connectivity index (χ1n) is 6.97. The Labute approximate surface area is 134 Å². The minimum Gasteiger partial charge on any atom is -0.356 e. The van der Waals surface area contributed by atoms with Gasteiger partial charge in [-0.3, -0.25) is 4.99 Å². The lowest BCUT2D eigenvalue weighted by atomic mass is 10.1. The molecular formula is C16H18ClFN4. The zero-order valence-electron chi connectivity index (χ0n) is 12.3. The fraction of sp³-hybridized carbons (Fsp3) is 0.250. The Morgan fingerprint density at radius 1 is 1.23 bits per heavy atom. The summed E-state index contributed by atoms with van der Waals surface area (Å²) in [5.41, 5.74) is 1.96. The van der Waals surface area contributed by atoms with E-state index >= 15 is 0 Å². The highest BCUT2D eigenvalue weighted by molar-refractivity contribution is 6.29. The van der Waals surface area contributed by atoms with E-state index in [9.17, 15) is 4.39 Å². The van der Waals surface area contributed by atoms with Crippen LogP contribution < -0.4 is 10.6 Å². The van der Waals surface area contributed by atoms with Gasteiger partial charge < -0.3 is 10.6 Å². The number of pyridine rings is 1. The normalized spacial score (nSPS) is 11.3. The number of hydrogen-bond donors (Lipinski definition) is 2. The minimum atomic E-state index is -0.213. The lowest BCUT2D eigenvalue weighted by molar-refractivity contribution is 0.625. The fourth-order valence-corrected chi connectivity index (χ4v) is 2.05. The van der Waals surface area contributed by atoms with Crippen molar-refractivity contribution in [3.8, 4) is 0 Å². The SMILES string of the molecule is CN=C(NCCc1cccc(F)c1)NCc1ccc(Cl)nc1. The van der Waals surface area contributed by atoms with Crippen LogP contribution in [0.25, 0.3) is 0 Å². The molecule has 2 rings (SSSR count). The van der Waals surface area contributed by atoms with E-state index in [1.807, 2.05) is 12.1 Å². The molecule has 22 heavy (non-hydrogen) atoms. The molecule has 0 saturated heterocycles. The van der Waals surface area contributed by atoms with Gasteiger partial charge in [0.15, 0.2) is 5.96 Å². The summed E-state index contributed by atoms with van der Waals surface area (Å²) in [5, 5.41) is 6.85. The number of aromatic nitrogens is 1. The number of aliphatic imine (C=N–C) groups is 1. The van der Waals surface area contributed by atoms with Crippen LogP contribution in [0, 0.1) is 5.82 Å². The highest BCUT2D eigenvalue weighted by atomic mass is 35.5. The molecule has 0 atom stereocenters. The summed E-state index contributed by atoms with van der Waals surface area (Å²) in [6.07, 6.45) is 2.44. The summed E-state index contributed by atoms with van der Waals surface area (Å²) in [5.74, 6) is 0.474. The van der Waals surface area contributed by atoms with E-state index < -0.39 is 0 Å². The zero-order chi connectivity index (χ0) is 15.8. The van der Waals surface area contributed by atoms with E-state index in [1.54, 1.807) is 25.4 Å². The molecule has 0 amide bonds. The quantitative estimate of drug-likeness (QED) is 0.506. The van der Waals surface area contributed by atoms with Gasteiger partial charge in [-0.2, -0.15) is 0 Å². The number of benzene rings is 1. The van der Waals surface area contributed by atoms with Crippen LogP contribution in [0.3, 0.4) is 0 Å². The lowest BCUT2D eigenvalue weighted by Crippen LogP contribution is -2.37. The molecule has 0 fully saturated rings. The Kier molecular flexibility index (Phi) is 6.15. The van der Waals surface area contributed by atoms with Gasteiger partial charge in [-0.25, -0.2) is 9.37 Å². The molecular weight excluding hydrogens is 303 g/mol. The third kappa shape index (κ3) is 5.33. The first-order valence-corrected chi connectivity index (χ1v) is 7.34. The predicted molar refractivity (Wildman–Crippen MR) is 87.6 cm³/mol. The summed E-state index contributed by atoms with van der Waals surface area (Å²) in [6, 6.07) is 10.3. The van der Waals surface area contributed by atoms with Gasteiger partial charge in [-0.05, 0) is 35.7 Å². The van der Waals surface area contributed by atoms with Crippen molar-refractivity contribution in [1.82, 2.24) is 15.6 Å². The van der Waals surface area contributed by atoms with Crippen LogP contribution >= 0.6 is 11.6 Å².